The molecule has 0 saturated carbocycles. The number of hydrogen-bond donors (Lipinski definition) is 5. The minimum absolute atomic E-state index is 0.0395. The molecule has 3 rings (SSSR count). The lowest BCUT2D eigenvalue weighted by Gasteiger charge is -2.26. The number of primary amides is 1. The van der Waals surface area contributed by atoms with Gasteiger partial charge in [0, 0.05) is 12.1 Å². The summed E-state index contributed by atoms with van der Waals surface area (Å²) in [7, 11) is 2.85. The lowest BCUT2D eigenvalue weighted by atomic mass is 10.0. The van der Waals surface area contributed by atoms with Gasteiger partial charge in [-0.15, -0.1) is 0 Å². The summed E-state index contributed by atoms with van der Waals surface area (Å²) in [6, 6.07) is 11.5. The number of halogens is 1. The molecule has 2 atom stereocenters. The van der Waals surface area contributed by atoms with Crippen molar-refractivity contribution in [3.8, 4) is 11.8 Å². The van der Waals surface area contributed by atoms with Gasteiger partial charge in [-0.25, -0.2) is 14.2 Å². The first kappa shape index (κ1) is 25.0. The third-order valence-corrected chi connectivity index (χ3v) is 5.00. The SMILES string of the molecule is COc1cc(Nc2nc(N[C@H](c3ccccc3)[C@H](C)NC(=O)O)c(F)cc2C(N)=O)cc(OC)n1. The van der Waals surface area contributed by atoms with Crippen LogP contribution >= 0.6 is 0 Å². The highest BCUT2D eigenvalue weighted by molar-refractivity contribution is 5.98. The van der Waals surface area contributed by atoms with E-state index in [1.807, 2.05) is 0 Å². The van der Waals surface area contributed by atoms with Crippen molar-refractivity contribution >= 4 is 29.3 Å². The molecule has 0 unspecified atom stereocenters. The van der Waals surface area contributed by atoms with Gasteiger partial charge in [0.15, 0.2) is 11.6 Å². The van der Waals surface area contributed by atoms with Gasteiger partial charge in [0.05, 0.1) is 37.6 Å². The number of benzene rings is 1. The van der Waals surface area contributed by atoms with Crippen LogP contribution in [0.25, 0.3) is 0 Å². The van der Waals surface area contributed by atoms with E-state index >= 15 is 4.39 Å². The van der Waals surface area contributed by atoms with Crippen molar-refractivity contribution in [3.63, 3.8) is 0 Å². The Labute approximate surface area is 200 Å². The zero-order chi connectivity index (χ0) is 25.5. The van der Waals surface area contributed by atoms with Gasteiger partial charge in [-0.1, -0.05) is 30.3 Å². The molecule has 3 aromatic rings. The lowest BCUT2D eigenvalue weighted by Crippen LogP contribution is -2.39. The van der Waals surface area contributed by atoms with Gasteiger partial charge in [0.2, 0.25) is 11.8 Å². The van der Waals surface area contributed by atoms with E-state index in [4.69, 9.17) is 15.2 Å². The van der Waals surface area contributed by atoms with Crippen molar-refractivity contribution in [2.45, 2.75) is 19.0 Å². The van der Waals surface area contributed by atoms with Crippen LogP contribution in [0.2, 0.25) is 0 Å². The van der Waals surface area contributed by atoms with Crippen molar-refractivity contribution in [1.82, 2.24) is 15.3 Å². The van der Waals surface area contributed by atoms with Gasteiger partial charge in [-0.3, -0.25) is 4.79 Å². The highest BCUT2D eigenvalue weighted by Gasteiger charge is 2.24. The fourth-order valence-electron chi connectivity index (χ4n) is 3.35. The van der Waals surface area contributed by atoms with E-state index in [2.05, 4.69) is 25.9 Å². The highest BCUT2D eigenvalue weighted by atomic mass is 19.1. The number of anilines is 3. The van der Waals surface area contributed by atoms with Crippen LogP contribution in [0.1, 0.15) is 28.9 Å². The normalized spacial score (nSPS) is 12.2. The van der Waals surface area contributed by atoms with Crippen molar-refractivity contribution in [1.29, 1.82) is 0 Å². The van der Waals surface area contributed by atoms with E-state index < -0.39 is 29.9 Å². The number of carbonyl (C=O) groups is 2. The molecule has 1 aromatic carbocycles. The number of ether oxygens (including phenoxy) is 2. The minimum Gasteiger partial charge on any atom is -0.481 e. The summed E-state index contributed by atoms with van der Waals surface area (Å²) in [4.78, 5) is 31.6. The zero-order valence-corrected chi connectivity index (χ0v) is 19.2. The average Bonchev–Trinajstić information content (AvgIpc) is 2.83. The van der Waals surface area contributed by atoms with Gasteiger partial charge in [-0.2, -0.15) is 4.98 Å². The van der Waals surface area contributed by atoms with Crippen molar-refractivity contribution in [2.24, 2.45) is 5.73 Å². The van der Waals surface area contributed by atoms with Crippen LogP contribution in [0.5, 0.6) is 11.8 Å². The number of nitrogens with one attached hydrogen (secondary N) is 3. The van der Waals surface area contributed by atoms with Crippen molar-refractivity contribution in [2.75, 3.05) is 24.9 Å². The Kier molecular flexibility index (Phi) is 7.87. The topological polar surface area (TPSA) is 161 Å². The van der Waals surface area contributed by atoms with Crippen molar-refractivity contribution in [3.05, 3.63) is 65.5 Å². The van der Waals surface area contributed by atoms with Crippen LogP contribution in [-0.2, 0) is 0 Å². The summed E-state index contributed by atoms with van der Waals surface area (Å²) in [6.45, 7) is 1.63. The molecule has 0 aliphatic carbocycles. The maximum Gasteiger partial charge on any atom is 0.404 e. The molecule has 0 fully saturated rings. The molecule has 0 saturated heterocycles. The van der Waals surface area contributed by atoms with Gasteiger partial charge < -0.3 is 36.3 Å². The number of amides is 2. The van der Waals surface area contributed by atoms with Crippen LogP contribution < -0.4 is 31.2 Å². The van der Waals surface area contributed by atoms with Gasteiger partial charge >= 0.3 is 6.09 Å². The van der Waals surface area contributed by atoms with Gasteiger partial charge in [-0.05, 0) is 18.6 Å². The number of nitrogens with zero attached hydrogens (tertiary/aromatic N) is 2. The Hall–Kier alpha value is -4.61. The standard InChI is InChI=1S/C23H25FN6O5/c1-12(26-23(32)33)19(13-7-5-4-6-8-13)29-22-16(24)11-15(20(25)31)21(30-22)27-14-9-17(34-2)28-18(10-14)35-3/h4-12,19,26H,1-3H3,(H2,25,31)(H,32,33)(H2,27,28,29,30)/t12-,19-/m0/s1. The Balaban J connectivity index is 2.03. The Morgan fingerprint density at radius 1 is 1.03 bits per heavy atom. The molecule has 0 spiro atoms. The smallest absolute Gasteiger partial charge is 0.404 e. The fourth-order valence-corrected chi connectivity index (χ4v) is 3.35. The molecule has 2 heterocycles. The average molecular weight is 484 g/mol. The van der Waals surface area contributed by atoms with Crippen molar-refractivity contribution < 1.29 is 28.6 Å². The maximum atomic E-state index is 15.0. The van der Waals surface area contributed by atoms with Gasteiger partial charge in [0.1, 0.15) is 5.82 Å². The Morgan fingerprint density at radius 2 is 1.66 bits per heavy atom. The molecule has 184 valence electrons. The number of pyridine rings is 2. The largest absolute Gasteiger partial charge is 0.481 e. The first-order chi connectivity index (χ1) is 16.7. The molecular weight excluding hydrogens is 459 g/mol. The van der Waals surface area contributed by atoms with Crippen LogP contribution in [0.15, 0.2) is 48.5 Å². The van der Waals surface area contributed by atoms with E-state index in [1.165, 1.54) is 26.4 Å². The molecule has 35 heavy (non-hydrogen) atoms. The molecule has 6 N–H and O–H groups in total. The first-order valence-corrected chi connectivity index (χ1v) is 10.4. The monoisotopic (exact) mass is 484 g/mol. The second-order valence-electron chi connectivity index (χ2n) is 7.42. The molecule has 2 aromatic heterocycles. The van der Waals surface area contributed by atoms with E-state index in [9.17, 15) is 14.7 Å². The summed E-state index contributed by atoms with van der Waals surface area (Å²) in [5.74, 6) is -1.56. The predicted molar refractivity (Wildman–Crippen MR) is 127 cm³/mol. The molecule has 2 amide bonds. The predicted octanol–water partition coefficient (Wildman–Crippen LogP) is 3.28. The summed E-state index contributed by atoms with van der Waals surface area (Å²) in [5, 5.41) is 17.4. The highest BCUT2D eigenvalue weighted by Crippen LogP contribution is 2.30. The molecule has 11 nitrogen and oxygen atoms in total. The lowest BCUT2D eigenvalue weighted by molar-refractivity contribution is 0.1000. The summed E-state index contributed by atoms with van der Waals surface area (Å²) >= 11 is 0. The molecule has 0 aliphatic rings. The summed E-state index contributed by atoms with van der Waals surface area (Å²) < 4.78 is 25.3. The second kappa shape index (κ2) is 11.0. The third-order valence-electron chi connectivity index (χ3n) is 5.00. The Morgan fingerprint density at radius 3 is 2.20 bits per heavy atom. The van der Waals surface area contributed by atoms with E-state index in [-0.39, 0.29) is 29.0 Å². The van der Waals surface area contributed by atoms with E-state index in [0.29, 0.717) is 11.3 Å². The number of carboxylic acid groups (broad SMARTS) is 1. The van der Waals surface area contributed by atoms with Crippen LogP contribution in [0, 0.1) is 5.82 Å². The summed E-state index contributed by atoms with van der Waals surface area (Å²) in [6.07, 6.45) is -1.24. The molecular formula is C23H25FN6O5. The zero-order valence-electron chi connectivity index (χ0n) is 19.2. The maximum absolute atomic E-state index is 15.0. The molecule has 0 radical (unpaired) electrons. The molecule has 0 bridgehead atoms. The van der Waals surface area contributed by atoms with Crippen LogP contribution in [0.4, 0.5) is 26.5 Å². The minimum atomic E-state index is -1.24. The number of nitrogens with two attached hydrogens (primary N) is 1. The van der Waals surface area contributed by atoms with Crippen LogP contribution in [0.3, 0.4) is 0 Å². The third kappa shape index (κ3) is 6.25. The number of hydrogen-bond acceptors (Lipinski definition) is 8. The molecule has 0 aliphatic heterocycles. The van der Waals surface area contributed by atoms with E-state index in [1.54, 1.807) is 37.3 Å². The number of rotatable bonds is 10. The quantitative estimate of drug-likeness (QED) is 0.291. The number of methoxy groups -OCH3 is 2. The second-order valence-corrected chi connectivity index (χ2v) is 7.42. The molecule has 12 heteroatoms. The van der Waals surface area contributed by atoms with E-state index in [0.717, 1.165) is 6.07 Å². The fraction of sp³-hybridized carbons (Fsp3) is 0.217. The van der Waals surface area contributed by atoms with Gasteiger partial charge in [0.25, 0.3) is 5.91 Å². The number of carbonyl (C=O) groups excluding carboxylic acids is 1. The summed E-state index contributed by atoms with van der Waals surface area (Å²) in [5.41, 5.74) is 6.33. The first-order valence-electron chi connectivity index (χ1n) is 10.4. The number of aromatic nitrogens is 2. The Bertz CT molecular complexity index is 1190. The van der Waals surface area contributed by atoms with Crippen LogP contribution in [-0.4, -0.2) is 47.3 Å².